The Morgan fingerprint density at radius 2 is 2.33 bits per heavy atom. The largest absolute Gasteiger partial charge is 0.480 e. The first-order valence-corrected chi connectivity index (χ1v) is 3.63. The van der Waals surface area contributed by atoms with E-state index in [1.54, 1.807) is 25.1 Å². The lowest BCUT2D eigenvalue weighted by Gasteiger charge is -2.05. The van der Waals surface area contributed by atoms with Crippen LogP contribution in [0.3, 0.4) is 0 Å². The van der Waals surface area contributed by atoms with Crippen molar-refractivity contribution in [2.45, 2.75) is 6.54 Å². The van der Waals surface area contributed by atoms with Crippen molar-refractivity contribution in [2.75, 3.05) is 26.6 Å². The molecular formula is C7H13N3O2. The molecule has 1 heterocycles. The van der Waals surface area contributed by atoms with E-state index < -0.39 is 0 Å². The number of nitrogen functional groups attached to an aromatic ring is 1. The summed E-state index contributed by atoms with van der Waals surface area (Å²) in [6, 6.07) is 0. The third-order valence-corrected chi connectivity index (χ3v) is 1.52. The van der Waals surface area contributed by atoms with Gasteiger partial charge in [0.1, 0.15) is 5.69 Å². The molecule has 1 aromatic rings. The lowest BCUT2D eigenvalue weighted by atomic mass is 10.5. The fourth-order valence-corrected chi connectivity index (χ4v) is 0.949. The maximum absolute atomic E-state index is 5.57. The lowest BCUT2D eigenvalue weighted by Crippen LogP contribution is -2.07. The smallest absolute Gasteiger partial charge is 0.235 e. The standard InChI is InChI=1S/C7H13N3O2/c1-11-4-3-10-7(12-2)6(8)5-9-10/h5H,3-4,8H2,1-2H3. The highest BCUT2D eigenvalue weighted by molar-refractivity contribution is 5.46. The molecule has 2 N–H and O–H groups in total. The molecule has 1 aromatic heterocycles. The van der Waals surface area contributed by atoms with E-state index in [-0.39, 0.29) is 0 Å². The first kappa shape index (κ1) is 8.86. The molecule has 12 heavy (non-hydrogen) atoms. The molecule has 0 aliphatic carbocycles. The van der Waals surface area contributed by atoms with Gasteiger partial charge < -0.3 is 15.2 Å². The van der Waals surface area contributed by atoms with E-state index in [1.165, 1.54) is 0 Å². The minimum Gasteiger partial charge on any atom is -0.480 e. The number of anilines is 1. The van der Waals surface area contributed by atoms with Crippen LogP contribution in [-0.4, -0.2) is 30.6 Å². The van der Waals surface area contributed by atoms with Crippen molar-refractivity contribution < 1.29 is 9.47 Å². The molecule has 0 fully saturated rings. The minimum atomic E-state index is 0.550. The zero-order chi connectivity index (χ0) is 8.97. The van der Waals surface area contributed by atoms with Crippen LogP contribution in [0.25, 0.3) is 0 Å². The second-order valence-corrected chi connectivity index (χ2v) is 2.33. The van der Waals surface area contributed by atoms with Crippen LogP contribution in [0.1, 0.15) is 0 Å². The first-order chi connectivity index (χ1) is 5.79. The minimum absolute atomic E-state index is 0.550. The van der Waals surface area contributed by atoms with Gasteiger partial charge in [-0.3, -0.25) is 0 Å². The molecule has 5 nitrogen and oxygen atoms in total. The summed E-state index contributed by atoms with van der Waals surface area (Å²) in [5.74, 6) is 0.590. The third kappa shape index (κ3) is 1.68. The molecule has 1 rings (SSSR count). The van der Waals surface area contributed by atoms with Crippen LogP contribution in [0.2, 0.25) is 0 Å². The monoisotopic (exact) mass is 171 g/mol. The maximum atomic E-state index is 5.57. The van der Waals surface area contributed by atoms with Crippen LogP contribution in [0.15, 0.2) is 6.20 Å². The molecule has 5 heteroatoms. The average Bonchev–Trinajstić information content (AvgIpc) is 2.43. The number of rotatable bonds is 4. The summed E-state index contributed by atoms with van der Waals surface area (Å²) in [5.41, 5.74) is 6.12. The van der Waals surface area contributed by atoms with E-state index >= 15 is 0 Å². The zero-order valence-electron chi connectivity index (χ0n) is 7.28. The molecule has 0 aliphatic heterocycles. The predicted molar refractivity (Wildman–Crippen MR) is 45.1 cm³/mol. The van der Waals surface area contributed by atoms with Crippen LogP contribution < -0.4 is 10.5 Å². The summed E-state index contributed by atoms with van der Waals surface area (Å²) in [4.78, 5) is 0. The number of hydrogen-bond acceptors (Lipinski definition) is 4. The number of hydrogen-bond donors (Lipinski definition) is 1. The summed E-state index contributed by atoms with van der Waals surface area (Å²) >= 11 is 0. The number of ether oxygens (including phenoxy) is 2. The van der Waals surface area contributed by atoms with Crippen molar-refractivity contribution in [3.8, 4) is 5.88 Å². The van der Waals surface area contributed by atoms with Gasteiger partial charge in [0.25, 0.3) is 0 Å². The Bertz CT molecular complexity index is 247. The SMILES string of the molecule is COCCn1ncc(N)c1OC. The van der Waals surface area contributed by atoms with E-state index in [9.17, 15) is 0 Å². The van der Waals surface area contributed by atoms with Gasteiger partial charge in [0.15, 0.2) is 0 Å². The Hall–Kier alpha value is -1.23. The van der Waals surface area contributed by atoms with Crippen LogP contribution in [0, 0.1) is 0 Å². The molecule has 0 spiro atoms. The van der Waals surface area contributed by atoms with Crippen LogP contribution in [-0.2, 0) is 11.3 Å². The molecule has 0 radical (unpaired) electrons. The average molecular weight is 171 g/mol. The Morgan fingerprint density at radius 3 is 2.92 bits per heavy atom. The van der Waals surface area contributed by atoms with Crippen LogP contribution in [0.5, 0.6) is 5.88 Å². The second kappa shape index (κ2) is 3.96. The van der Waals surface area contributed by atoms with Crippen LogP contribution >= 0.6 is 0 Å². The number of nitrogens with two attached hydrogens (primary N) is 1. The van der Waals surface area contributed by atoms with E-state index in [1.807, 2.05) is 0 Å². The summed E-state index contributed by atoms with van der Waals surface area (Å²) < 4.78 is 11.6. The molecular weight excluding hydrogens is 158 g/mol. The molecule has 68 valence electrons. The molecule has 0 amide bonds. The van der Waals surface area contributed by atoms with Gasteiger partial charge in [0.05, 0.1) is 26.5 Å². The van der Waals surface area contributed by atoms with Gasteiger partial charge in [0, 0.05) is 7.11 Å². The number of nitrogens with zero attached hydrogens (tertiary/aromatic N) is 2. The Kier molecular flexibility index (Phi) is 2.93. The van der Waals surface area contributed by atoms with Crippen molar-refractivity contribution in [2.24, 2.45) is 0 Å². The molecule has 0 bridgehead atoms. The number of aromatic nitrogens is 2. The molecule has 0 saturated heterocycles. The zero-order valence-corrected chi connectivity index (χ0v) is 7.28. The normalized spacial score (nSPS) is 10.2. The van der Waals surface area contributed by atoms with E-state index in [2.05, 4.69) is 5.10 Å². The summed E-state index contributed by atoms with van der Waals surface area (Å²) in [6.45, 7) is 1.24. The Balaban J connectivity index is 2.70. The topological polar surface area (TPSA) is 62.3 Å². The maximum Gasteiger partial charge on any atom is 0.235 e. The van der Waals surface area contributed by atoms with Crippen molar-refractivity contribution >= 4 is 5.69 Å². The first-order valence-electron chi connectivity index (χ1n) is 3.63. The van der Waals surface area contributed by atoms with Gasteiger partial charge in [-0.1, -0.05) is 0 Å². The highest BCUT2D eigenvalue weighted by Crippen LogP contribution is 2.18. The molecule has 0 aliphatic rings. The Labute approximate surface area is 71.1 Å². The third-order valence-electron chi connectivity index (χ3n) is 1.52. The molecule has 0 aromatic carbocycles. The van der Waals surface area contributed by atoms with Gasteiger partial charge in [-0.05, 0) is 0 Å². The summed E-state index contributed by atoms with van der Waals surface area (Å²) in [5, 5.41) is 4.01. The lowest BCUT2D eigenvalue weighted by molar-refractivity contribution is 0.179. The van der Waals surface area contributed by atoms with Crippen LogP contribution in [0.4, 0.5) is 5.69 Å². The van der Waals surface area contributed by atoms with Crippen molar-refractivity contribution in [1.29, 1.82) is 0 Å². The highest BCUT2D eigenvalue weighted by atomic mass is 16.5. The van der Waals surface area contributed by atoms with E-state index in [0.717, 1.165) is 0 Å². The summed E-state index contributed by atoms with van der Waals surface area (Å²) in [7, 11) is 3.20. The van der Waals surface area contributed by atoms with Gasteiger partial charge in [-0.25, -0.2) is 4.68 Å². The fraction of sp³-hybridized carbons (Fsp3) is 0.571. The van der Waals surface area contributed by atoms with Gasteiger partial charge in [-0.15, -0.1) is 0 Å². The molecule has 0 atom stereocenters. The quantitative estimate of drug-likeness (QED) is 0.699. The Morgan fingerprint density at radius 1 is 1.58 bits per heavy atom. The van der Waals surface area contributed by atoms with Crippen molar-refractivity contribution in [3.63, 3.8) is 0 Å². The highest BCUT2D eigenvalue weighted by Gasteiger charge is 2.06. The summed E-state index contributed by atoms with van der Waals surface area (Å²) in [6.07, 6.45) is 1.56. The van der Waals surface area contributed by atoms with Gasteiger partial charge in [0.2, 0.25) is 5.88 Å². The second-order valence-electron chi connectivity index (χ2n) is 2.33. The molecule has 0 unspecified atom stereocenters. The van der Waals surface area contributed by atoms with E-state index in [4.69, 9.17) is 15.2 Å². The van der Waals surface area contributed by atoms with Gasteiger partial charge in [-0.2, -0.15) is 5.10 Å². The van der Waals surface area contributed by atoms with Gasteiger partial charge >= 0.3 is 0 Å². The van der Waals surface area contributed by atoms with Crippen molar-refractivity contribution in [3.05, 3.63) is 6.20 Å². The van der Waals surface area contributed by atoms with Crippen molar-refractivity contribution in [1.82, 2.24) is 9.78 Å². The van der Waals surface area contributed by atoms with E-state index in [0.29, 0.717) is 24.7 Å². The predicted octanol–water partition coefficient (Wildman–Crippen LogP) is 0.120. The molecule has 0 saturated carbocycles. The fourth-order valence-electron chi connectivity index (χ4n) is 0.949. The number of methoxy groups -OCH3 is 2.